The lowest BCUT2D eigenvalue weighted by Crippen LogP contribution is -2.01. The van der Waals surface area contributed by atoms with Gasteiger partial charge in [-0.05, 0) is 108 Å². The summed E-state index contributed by atoms with van der Waals surface area (Å²) in [7, 11) is 0. The van der Waals surface area contributed by atoms with Crippen LogP contribution in [0.3, 0.4) is 0 Å². The Bertz CT molecular complexity index is 2830. The molecular formula is C54H42N6S. The first-order valence-electron chi connectivity index (χ1n) is 20.4. The maximum absolute atomic E-state index is 5.14. The van der Waals surface area contributed by atoms with Crippen LogP contribution in [-0.4, -0.2) is 35.7 Å². The Hall–Kier alpha value is -7.35. The first-order chi connectivity index (χ1) is 30.1. The van der Waals surface area contributed by atoms with Crippen LogP contribution in [0.15, 0.2) is 200 Å². The van der Waals surface area contributed by atoms with Gasteiger partial charge < -0.3 is 0 Å². The molecule has 4 aromatic heterocycles. The molecule has 61 heavy (non-hydrogen) atoms. The predicted octanol–water partition coefficient (Wildman–Crippen LogP) is 13.4. The molecule has 0 saturated carbocycles. The van der Waals surface area contributed by atoms with Crippen molar-refractivity contribution in [2.45, 2.75) is 20.3 Å². The van der Waals surface area contributed by atoms with Crippen LogP contribution in [0.4, 0.5) is 0 Å². The Morgan fingerprint density at radius 1 is 0.443 bits per heavy atom. The highest BCUT2D eigenvalue weighted by Gasteiger charge is 2.20. The number of thioether (sulfide) groups is 1. The monoisotopic (exact) mass is 806 g/mol. The molecule has 0 N–H and O–H groups in total. The molecule has 294 valence electrons. The van der Waals surface area contributed by atoms with Crippen LogP contribution in [0, 0.1) is 0 Å². The molecule has 0 fully saturated rings. The molecule has 4 aromatic carbocycles. The molecule has 9 rings (SSSR count). The minimum Gasteiger partial charge on any atom is -0.265 e. The molecule has 0 unspecified atom stereocenters. The van der Waals surface area contributed by atoms with Gasteiger partial charge in [-0.25, -0.2) is 19.9 Å². The van der Waals surface area contributed by atoms with Gasteiger partial charge in [-0.3, -0.25) is 9.97 Å². The van der Waals surface area contributed by atoms with E-state index in [1.807, 2.05) is 121 Å². The van der Waals surface area contributed by atoms with E-state index in [0.29, 0.717) is 17.5 Å². The first kappa shape index (κ1) is 39.1. The van der Waals surface area contributed by atoms with Crippen molar-refractivity contribution in [3.05, 3.63) is 211 Å². The molecule has 5 heterocycles. The average Bonchev–Trinajstić information content (AvgIpc) is 3.35. The fourth-order valence-corrected chi connectivity index (χ4v) is 8.53. The van der Waals surface area contributed by atoms with Gasteiger partial charge >= 0.3 is 0 Å². The van der Waals surface area contributed by atoms with Crippen molar-refractivity contribution >= 4 is 17.3 Å². The van der Waals surface area contributed by atoms with E-state index in [-0.39, 0.29) is 0 Å². The van der Waals surface area contributed by atoms with E-state index < -0.39 is 0 Å². The third-order valence-corrected chi connectivity index (χ3v) is 11.8. The van der Waals surface area contributed by atoms with Gasteiger partial charge in [-0.2, -0.15) is 0 Å². The Labute approximate surface area is 361 Å². The zero-order chi connectivity index (χ0) is 41.4. The summed E-state index contributed by atoms with van der Waals surface area (Å²) in [5.41, 5.74) is 14.4. The van der Waals surface area contributed by atoms with Crippen LogP contribution in [0.5, 0.6) is 0 Å². The third kappa shape index (κ3) is 8.69. The second kappa shape index (κ2) is 18.3. The molecule has 0 amide bonds. The summed E-state index contributed by atoms with van der Waals surface area (Å²) in [6.07, 6.45) is 21.2. The van der Waals surface area contributed by atoms with Crippen molar-refractivity contribution in [1.82, 2.24) is 29.9 Å². The number of aromatic nitrogens is 6. The van der Waals surface area contributed by atoms with Gasteiger partial charge in [-0.1, -0.05) is 121 Å². The third-order valence-electron chi connectivity index (χ3n) is 10.7. The molecule has 0 spiro atoms. The smallest absolute Gasteiger partial charge is 0.164 e. The normalized spacial score (nSPS) is 15.2. The number of benzene rings is 4. The van der Waals surface area contributed by atoms with Crippen LogP contribution in [0.2, 0.25) is 0 Å². The topological polar surface area (TPSA) is 77.3 Å². The molecular weight excluding hydrogens is 765 g/mol. The molecule has 1 aliphatic rings. The summed E-state index contributed by atoms with van der Waals surface area (Å²) in [5, 5.41) is 0. The van der Waals surface area contributed by atoms with E-state index >= 15 is 0 Å². The number of nitrogens with zero attached hydrogens (tertiary/aromatic N) is 6. The maximum atomic E-state index is 5.14. The van der Waals surface area contributed by atoms with Gasteiger partial charge in [0.15, 0.2) is 17.5 Å². The van der Waals surface area contributed by atoms with Crippen LogP contribution >= 0.6 is 11.8 Å². The number of fused-ring (bicyclic) bond motifs is 3. The summed E-state index contributed by atoms with van der Waals surface area (Å²) in [6.45, 7) is 4.26. The summed E-state index contributed by atoms with van der Waals surface area (Å²) in [5.74, 6) is 2.73. The van der Waals surface area contributed by atoms with Crippen LogP contribution in [-0.2, 0) is 6.42 Å². The molecule has 0 atom stereocenters. The molecule has 1 aliphatic heterocycles. The predicted molar refractivity (Wildman–Crippen MR) is 253 cm³/mol. The minimum absolute atomic E-state index is 0.612. The second-order valence-corrected chi connectivity index (χ2v) is 15.6. The number of allylic oxidation sites excluding steroid dienone is 6. The zero-order valence-electron chi connectivity index (χ0n) is 34.0. The number of pyridine rings is 3. The van der Waals surface area contributed by atoms with Gasteiger partial charge in [0.05, 0.1) is 11.4 Å². The summed E-state index contributed by atoms with van der Waals surface area (Å²) >= 11 is 1.84. The highest BCUT2D eigenvalue weighted by atomic mass is 32.2. The van der Waals surface area contributed by atoms with Gasteiger partial charge in [0.2, 0.25) is 0 Å². The molecule has 8 aromatic rings. The van der Waals surface area contributed by atoms with Crippen molar-refractivity contribution < 1.29 is 0 Å². The largest absolute Gasteiger partial charge is 0.265 e. The Morgan fingerprint density at radius 3 is 1.59 bits per heavy atom. The standard InChI is InChI=1S/C54H42N6S/c1-3-45-46-23-22-43(54-59-52(40-16-10-7-11-17-40)58-53(60-54)41-18-12-8-13-19-41)34-48(46)47-33-42(21-20-37(47)15-9-5-6-14-32-61-51(45)4-2)44-35-49(38-24-28-55-29-25-38)57-50(36-44)39-26-30-56-31-27-39/h3-14,16-31,33-36H,15,32H2,1-2H3/b9-5-,14-6-,45-3-,51-4+. The molecule has 0 radical (unpaired) electrons. The highest BCUT2D eigenvalue weighted by Crippen LogP contribution is 2.42. The zero-order valence-corrected chi connectivity index (χ0v) is 34.8. The van der Waals surface area contributed by atoms with Crippen molar-refractivity contribution in [2.75, 3.05) is 5.75 Å². The molecule has 7 heteroatoms. The lowest BCUT2D eigenvalue weighted by atomic mass is 9.86. The lowest BCUT2D eigenvalue weighted by Gasteiger charge is -2.20. The molecule has 0 bridgehead atoms. The van der Waals surface area contributed by atoms with Gasteiger partial charge in [0.25, 0.3) is 0 Å². The van der Waals surface area contributed by atoms with E-state index in [1.54, 1.807) is 0 Å². The van der Waals surface area contributed by atoms with E-state index in [2.05, 4.69) is 109 Å². The van der Waals surface area contributed by atoms with Crippen LogP contribution in [0.25, 0.3) is 84.5 Å². The van der Waals surface area contributed by atoms with Crippen molar-refractivity contribution in [3.63, 3.8) is 0 Å². The molecule has 0 saturated heterocycles. The number of hydrogen-bond donors (Lipinski definition) is 0. The fraction of sp³-hybridized carbons (Fsp3) is 0.0741. The van der Waals surface area contributed by atoms with Crippen LogP contribution in [0.1, 0.15) is 25.0 Å². The quantitative estimate of drug-likeness (QED) is 0.166. The van der Waals surface area contributed by atoms with E-state index in [4.69, 9.17) is 19.9 Å². The van der Waals surface area contributed by atoms with Crippen molar-refractivity contribution in [1.29, 1.82) is 0 Å². The molecule has 0 aliphatic carbocycles. The van der Waals surface area contributed by atoms with Crippen LogP contribution < -0.4 is 0 Å². The van der Waals surface area contributed by atoms with Gasteiger partial charge in [0.1, 0.15) is 0 Å². The minimum atomic E-state index is 0.612. The SMILES string of the molecule is C/C=C1\C(=C/C)SC/C=C\C=C/Cc2ccc(-c3cc(-c4ccncc4)nc(-c4ccncc4)c3)cc2-c2cc(-c3nc(-c4ccccc4)nc(-c4ccccc4)n3)ccc21. The Morgan fingerprint density at radius 2 is 1.00 bits per heavy atom. The van der Waals surface area contributed by atoms with Gasteiger partial charge in [0, 0.05) is 63.3 Å². The second-order valence-electron chi connectivity index (χ2n) is 14.5. The first-order valence-corrected chi connectivity index (χ1v) is 21.4. The fourth-order valence-electron chi connectivity index (χ4n) is 7.59. The maximum Gasteiger partial charge on any atom is 0.164 e. The number of hydrogen-bond acceptors (Lipinski definition) is 7. The summed E-state index contributed by atoms with van der Waals surface area (Å²) in [6, 6.07) is 46.2. The molecule has 6 nitrogen and oxygen atoms in total. The lowest BCUT2D eigenvalue weighted by molar-refractivity contribution is 1.07. The summed E-state index contributed by atoms with van der Waals surface area (Å²) < 4.78 is 0. The highest BCUT2D eigenvalue weighted by molar-refractivity contribution is 8.03. The average molecular weight is 807 g/mol. The van der Waals surface area contributed by atoms with E-state index in [1.165, 1.54) is 16.0 Å². The van der Waals surface area contributed by atoms with E-state index in [9.17, 15) is 0 Å². The van der Waals surface area contributed by atoms with Crippen molar-refractivity contribution in [2.24, 2.45) is 0 Å². The van der Waals surface area contributed by atoms with Gasteiger partial charge in [-0.15, -0.1) is 11.8 Å². The Balaban J connectivity index is 1.29. The van der Waals surface area contributed by atoms with Crippen molar-refractivity contribution in [3.8, 4) is 78.9 Å². The Kier molecular flexibility index (Phi) is 11.7. The summed E-state index contributed by atoms with van der Waals surface area (Å²) in [4.78, 5) is 30.2. The van der Waals surface area contributed by atoms with E-state index in [0.717, 1.165) is 79.2 Å². The number of rotatable bonds is 6.